The van der Waals surface area contributed by atoms with Crippen LogP contribution in [0.25, 0.3) is 0 Å². The van der Waals surface area contributed by atoms with Gasteiger partial charge in [0.15, 0.2) is 0 Å². The van der Waals surface area contributed by atoms with E-state index in [1.54, 1.807) is 12.4 Å². The molecule has 0 aliphatic rings. The summed E-state index contributed by atoms with van der Waals surface area (Å²) in [5.41, 5.74) is 4.51. The number of nitrogens with zero attached hydrogens (tertiary/aromatic N) is 1. The molecule has 2 aromatic rings. The molecule has 1 atom stereocenters. The highest BCUT2D eigenvalue weighted by atomic mass is 16.1. The maximum absolute atomic E-state index is 12.1. The Morgan fingerprint density at radius 3 is 2.80 bits per heavy atom. The number of aromatic nitrogens is 1. The van der Waals surface area contributed by atoms with Gasteiger partial charge in [-0.1, -0.05) is 29.8 Å². The summed E-state index contributed by atoms with van der Waals surface area (Å²) < 4.78 is 0. The Morgan fingerprint density at radius 1 is 1.30 bits per heavy atom. The Bertz CT molecular complexity index is 593. The van der Waals surface area contributed by atoms with Crippen LogP contribution in [-0.4, -0.2) is 10.9 Å². The summed E-state index contributed by atoms with van der Waals surface area (Å²) in [5, 5.41) is 3.05. The Labute approximate surface area is 120 Å². The van der Waals surface area contributed by atoms with Crippen LogP contribution in [0.2, 0.25) is 0 Å². The molecule has 1 amide bonds. The molecular formula is C17H20N2O. The first-order chi connectivity index (χ1) is 9.56. The van der Waals surface area contributed by atoms with Crippen molar-refractivity contribution in [1.29, 1.82) is 0 Å². The predicted octanol–water partition coefficient (Wildman–Crippen LogP) is 3.12. The minimum atomic E-state index is 0.0130. The molecule has 1 aromatic heterocycles. The number of hydrogen-bond donors (Lipinski definition) is 1. The van der Waals surface area contributed by atoms with Gasteiger partial charge in [-0.3, -0.25) is 9.78 Å². The number of hydrogen-bond acceptors (Lipinski definition) is 2. The van der Waals surface area contributed by atoms with E-state index in [4.69, 9.17) is 0 Å². The SMILES string of the molecule is Cc1ccc(C)c([C@@H](C)NC(=O)Cc2cccnc2)c1. The number of aryl methyl sites for hydroxylation is 2. The third-order valence-corrected chi connectivity index (χ3v) is 3.37. The lowest BCUT2D eigenvalue weighted by atomic mass is 10.00. The molecule has 0 saturated carbocycles. The molecule has 20 heavy (non-hydrogen) atoms. The van der Waals surface area contributed by atoms with Crippen molar-refractivity contribution in [2.75, 3.05) is 0 Å². The minimum absolute atomic E-state index is 0.0130. The van der Waals surface area contributed by atoms with E-state index in [2.05, 4.69) is 42.3 Å². The molecular weight excluding hydrogens is 248 g/mol. The molecule has 104 valence electrons. The first kappa shape index (κ1) is 14.3. The predicted molar refractivity (Wildman–Crippen MR) is 80.4 cm³/mol. The van der Waals surface area contributed by atoms with Crippen LogP contribution in [-0.2, 0) is 11.2 Å². The average molecular weight is 268 g/mol. The lowest BCUT2D eigenvalue weighted by molar-refractivity contribution is -0.121. The molecule has 0 bridgehead atoms. The van der Waals surface area contributed by atoms with Crippen LogP contribution in [0.1, 0.15) is 35.2 Å². The van der Waals surface area contributed by atoms with Gasteiger partial charge in [0.1, 0.15) is 0 Å². The molecule has 2 rings (SSSR count). The van der Waals surface area contributed by atoms with Crippen LogP contribution < -0.4 is 5.32 Å². The third-order valence-electron chi connectivity index (χ3n) is 3.37. The summed E-state index contributed by atoms with van der Waals surface area (Å²) >= 11 is 0. The minimum Gasteiger partial charge on any atom is -0.349 e. The number of benzene rings is 1. The van der Waals surface area contributed by atoms with Crippen molar-refractivity contribution in [3.63, 3.8) is 0 Å². The molecule has 0 saturated heterocycles. The van der Waals surface area contributed by atoms with E-state index in [0.717, 1.165) is 5.56 Å². The summed E-state index contributed by atoms with van der Waals surface area (Å²) in [5.74, 6) is 0.0198. The van der Waals surface area contributed by atoms with Crippen molar-refractivity contribution in [3.8, 4) is 0 Å². The van der Waals surface area contributed by atoms with E-state index in [0.29, 0.717) is 6.42 Å². The molecule has 0 aliphatic carbocycles. The highest BCUT2D eigenvalue weighted by Gasteiger charge is 2.12. The fraction of sp³-hybridized carbons (Fsp3) is 0.294. The van der Waals surface area contributed by atoms with Crippen LogP contribution in [0, 0.1) is 13.8 Å². The standard InChI is InChI=1S/C17H20N2O/c1-12-6-7-13(2)16(9-12)14(3)19-17(20)10-15-5-4-8-18-11-15/h4-9,11,14H,10H2,1-3H3,(H,19,20)/t14-/m1/s1. The zero-order valence-electron chi connectivity index (χ0n) is 12.2. The molecule has 0 radical (unpaired) electrons. The van der Waals surface area contributed by atoms with Gasteiger partial charge in [-0.25, -0.2) is 0 Å². The van der Waals surface area contributed by atoms with Crippen LogP contribution >= 0.6 is 0 Å². The van der Waals surface area contributed by atoms with Gasteiger partial charge in [-0.2, -0.15) is 0 Å². The smallest absolute Gasteiger partial charge is 0.224 e. The van der Waals surface area contributed by atoms with Crippen LogP contribution in [0.15, 0.2) is 42.7 Å². The van der Waals surface area contributed by atoms with E-state index in [1.165, 1.54) is 16.7 Å². The molecule has 1 heterocycles. The zero-order chi connectivity index (χ0) is 14.5. The Balaban J connectivity index is 2.02. The number of nitrogens with one attached hydrogen (secondary N) is 1. The van der Waals surface area contributed by atoms with Gasteiger partial charge in [-0.05, 0) is 43.5 Å². The van der Waals surface area contributed by atoms with Gasteiger partial charge in [-0.15, -0.1) is 0 Å². The molecule has 0 unspecified atom stereocenters. The summed E-state index contributed by atoms with van der Waals surface area (Å²) in [6.45, 7) is 6.15. The number of carbonyl (C=O) groups is 1. The van der Waals surface area contributed by atoms with Gasteiger partial charge in [0.25, 0.3) is 0 Å². The Kier molecular flexibility index (Phi) is 4.51. The van der Waals surface area contributed by atoms with E-state index in [-0.39, 0.29) is 11.9 Å². The molecule has 0 aliphatic heterocycles. The first-order valence-electron chi connectivity index (χ1n) is 6.81. The van der Waals surface area contributed by atoms with Crippen LogP contribution in [0.5, 0.6) is 0 Å². The third kappa shape index (κ3) is 3.67. The van der Waals surface area contributed by atoms with Gasteiger partial charge >= 0.3 is 0 Å². The molecule has 1 N–H and O–H groups in total. The van der Waals surface area contributed by atoms with Crippen LogP contribution in [0.3, 0.4) is 0 Å². The van der Waals surface area contributed by atoms with E-state index in [9.17, 15) is 4.79 Å². The lowest BCUT2D eigenvalue weighted by Crippen LogP contribution is -2.28. The van der Waals surface area contributed by atoms with Crippen molar-refractivity contribution >= 4 is 5.91 Å². The molecule has 3 heteroatoms. The zero-order valence-corrected chi connectivity index (χ0v) is 12.2. The molecule has 0 fully saturated rings. The summed E-state index contributed by atoms with van der Waals surface area (Å²) in [4.78, 5) is 16.1. The second-order valence-corrected chi connectivity index (χ2v) is 5.19. The van der Waals surface area contributed by atoms with E-state index in [1.807, 2.05) is 19.1 Å². The largest absolute Gasteiger partial charge is 0.349 e. The number of rotatable bonds is 4. The number of amides is 1. The highest BCUT2D eigenvalue weighted by Crippen LogP contribution is 2.18. The maximum Gasteiger partial charge on any atom is 0.224 e. The summed E-state index contributed by atoms with van der Waals surface area (Å²) in [6, 6.07) is 10.1. The van der Waals surface area contributed by atoms with Crippen molar-refractivity contribution < 1.29 is 4.79 Å². The van der Waals surface area contributed by atoms with Crippen molar-refractivity contribution in [3.05, 3.63) is 65.0 Å². The lowest BCUT2D eigenvalue weighted by Gasteiger charge is -2.17. The highest BCUT2D eigenvalue weighted by molar-refractivity contribution is 5.78. The van der Waals surface area contributed by atoms with Gasteiger partial charge < -0.3 is 5.32 Å². The monoisotopic (exact) mass is 268 g/mol. The van der Waals surface area contributed by atoms with Crippen molar-refractivity contribution in [1.82, 2.24) is 10.3 Å². The average Bonchev–Trinajstić information content (AvgIpc) is 2.42. The second-order valence-electron chi connectivity index (χ2n) is 5.19. The fourth-order valence-electron chi connectivity index (χ4n) is 2.28. The Hall–Kier alpha value is -2.16. The number of carbonyl (C=O) groups excluding carboxylic acids is 1. The van der Waals surface area contributed by atoms with Gasteiger partial charge in [0.05, 0.1) is 12.5 Å². The quantitative estimate of drug-likeness (QED) is 0.925. The second kappa shape index (κ2) is 6.33. The normalized spacial score (nSPS) is 11.9. The van der Waals surface area contributed by atoms with Crippen molar-refractivity contribution in [2.45, 2.75) is 33.2 Å². The fourth-order valence-corrected chi connectivity index (χ4v) is 2.28. The molecule has 0 spiro atoms. The van der Waals surface area contributed by atoms with Gasteiger partial charge in [0, 0.05) is 12.4 Å². The molecule has 3 nitrogen and oxygen atoms in total. The topological polar surface area (TPSA) is 42.0 Å². The number of pyridine rings is 1. The molecule has 1 aromatic carbocycles. The van der Waals surface area contributed by atoms with Crippen LogP contribution in [0.4, 0.5) is 0 Å². The maximum atomic E-state index is 12.1. The van der Waals surface area contributed by atoms with Crippen molar-refractivity contribution in [2.24, 2.45) is 0 Å². The Morgan fingerprint density at radius 2 is 2.10 bits per heavy atom. The summed E-state index contributed by atoms with van der Waals surface area (Å²) in [7, 11) is 0. The summed E-state index contributed by atoms with van der Waals surface area (Å²) in [6.07, 6.45) is 3.80. The van der Waals surface area contributed by atoms with E-state index < -0.39 is 0 Å². The first-order valence-corrected chi connectivity index (χ1v) is 6.81. The van der Waals surface area contributed by atoms with Gasteiger partial charge in [0.2, 0.25) is 5.91 Å². The van der Waals surface area contributed by atoms with E-state index >= 15 is 0 Å².